The van der Waals surface area contributed by atoms with Gasteiger partial charge >= 0.3 is 12.7 Å². The molecule has 0 spiro atoms. The highest BCUT2D eigenvalue weighted by Crippen LogP contribution is 2.21. The maximum atomic E-state index is 12.4. The first-order valence-electron chi connectivity index (χ1n) is 4.89. The molecule has 0 aliphatic carbocycles. The van der Waals surface area contributed by atoms with Crippen molar-refractivity contribution in [3.8, 4) is 0 Å². The number of halogens is 5. The predicted octanol–water partition coefficient (Wildman–Crippen LogP) is 2.71. The zero-order chi connectivity index (χ0) is 13.1. The fourth-order valence-corrected chi connectivity index (χ4v) is 1.34. The van der Waals surface area contributed by atoms with Crippen LogP contribution in [0.15, 0.2) is 12.4 Å². The van der Waals surface area contributed by atoms with E-state index in [0.717, 1.165) is 6.20 Å². The first kappa shape index (κ1) is 13.9. The molecule has 17 heavy (non-hydrogen) atoms. The lowest BCUT2D eigenvalue weighted by molar-refractivity contribution is -0.139. The van der Waals surface area contributed by atoms with Crippen molar-refractivity contribution >= 4 is 0 Å². The van der Waals surface area contributed by atoms with Crippen molar-refractivity contribution in [1.29, 1.82) is 0 Å². The van der Waals surface area contributed by atoms with Gasteiger partial charge in [0, 0.05) is 18.4 Å². The molecule has 0 fully saturated rings. The number of imidazole rings is 1. The van der Waals surface area contributed by atoms with E-state index >= 15 is 0 Å². The molecule has 0 amide bonds. The predicted molar refractivity (Wildman–Crippen MR) is 50.5 cm³/mol. The second kappa shape index (κ2) is 5.44. The summed E-state index contributed by atoms with van der Waals surface area (Å²) in [5.74, 6) is 0.00836. The van der Waals surface area contributed by atoms with Crippen molar-refractivity contribution in [1.82, 2.24) is 14.9 Å². The number of rotatable bonds is 5. The first-order chi connectivity index (χ1) is 7.79. The molecular weight excluding hydrogens is 245 g/mol. The second-order valence-corrected chi connectivity index (χ2v) is 3.63. The summed E-state index contributed by atoms with van der Waals surface area (Å²) >= 11 is 0. The monoisotopic (exact) mass is 257 g/mol. The van der Waals surface area contributed by atoms with Gasteiger partial charge in [0.25, 0.3) is 0 Å². The Balaban J connectivity index is 2.47. The SMILES string of the molecule is CC(CC(F)(F)F)NCc1nccn1C(F)F. The second-order valence-electron chi connectivity index (χ2n) is 3.63. The Labute approximate surface area is 94.6 Å². The van der Waals surface area contributed by atoms with Gasteiger partial charge in [-0.05, 0) is 6.92 Å². The van der Waals surface area contributed by atoms with E-state index < -0.39 is 25.2 Å². The van der Waals surface area contributed by atoms with E-state index in [1.807, 2.05) is 0 Å². The lowest BCUT2D eigenvalue weighted by atomic mass is 10.2. The van der Waals surface area contributed by atoms with Gasteiger partial charge in [0.1, 0.15) is 5.82 Å². The van der Waals surface area contributed by atoms with Gasteiger partial charge in [-0.2, -0.15) is 22.0 Å². The van der Waals surface area contributed by atoms with Gasteiger partial charge in [-0.15, -0.1) is 0 Å². The molecule has 1 aromatic rings. The van der Waals surface area contributed by atoms with Crippen LogP contribution in [0.2, 0.25) is 0 Å². The normalized spacial score (nSPS) is 14.3. The molecule has 1 rings (SSSR count). The number of nitrogens with zero attached hydrogens (tertiary/aromatic N) is 2. The average Bonchev–Trinajstić information content (AvgIpc) is 2.59. The minimum absolute atomic E-state index is 0.00836. The van der Waals surface area contributed by atoms with Gasteiger partial charge in [-0.25, -0.2) is 4.98 Å². The van der Waals surface area contributed by atoms with E-state index in [1.165, 1.54) is 13.1 Å². The maximum absolute atomic E-state index is 12.4. The van der Waals surface area contributed by atoms with Gasteiger partial charge in [-0.1, -0.05) is 0 Å². The van der Waals surface area contributed by atoms with Crippen molar-refractivity contribution in [3.05, 3.63) is 18.2 Å². The third kappa shape index (κ3) is 4.68. The standard InChI is InChI=1S/C9H12F5N3/c1-6(4-9(12,13)14)16-5-7-15-2-3-17(7)8(10)11/h2-3,6,8,16H,4-5H2,1H3. The summed E-state index contributed by atoms with van der Waals surface area (Å²) in [7, 11) is 0. The summed E-state index contributed by atoms with van der Waals surface area (Å²) in [4.78, 5) is 3.65. The highest BCUT2D eigenvalue weighted by Gasteiger charge is 2.29. The van der Waals surface area contributed by atoms with E-state index in [2.05, 4.69) is 10.3 Å². The summed E-state index contributed by atoms with van der Waals surface area (Å²) < 4.78 is 61.3. The molecular formula is C9H12F5N3. The largest absolute Gasteiger partial charge is 0.390 e. The van der Waals surface area contributed by atoms with Crippen molar-refractivity contribution in [2.24, 2.45) is 0 Å². The van der Waals surface area contributed by atoms with E-state index in [1.54, 1.807) is 0 Å². The number of alkyl halides is 5. The molecule has 0 aliphatic heterocycles. The van der Waals surface area contributed by atoms with Crippen LogP contribution in [0.25, 0.3) is 0 Å². The summed E-state index contributed by atoms with van der Waals surface area (Å²) in [6.45, 7) is -1.54. The number of hydrogen-bond donors (Lipinski definition) is 1. The van der Waals surface area contributed by atoms with Gasteiger partial charge < -0.3 is 5.32 Å². The number of hydrogen-bond acceptors (Lipinski definition) is 2. The van der Waals surface area contributed by atoms with Gasteiger partial charge in [0.15, 0.2) is 0 Å². The van der Waals surface area contributed by atoms with Crippen molar-refractivity contribution in [3.63, 3.8) is 0 Å². The molecule has 0 aliphatic rings. The van der Waals surface area contributed by atoms with Crippen LogP contribution < -0.4 is 5.32 Å². The summed E-state index contributed by atoms with van der Waals surface area (Å²) in [6, 6.07) is -0.849. The summed E-state index contributed by atoms with van der Waals surface area (Å²) in [5.41, 5.74) is 0. The van der Waals surface area contributed by atoms with Crippen LogP contribution in [0.5, 0.6) is 0 Å². The number of aromatic nitrogens is 2. The Bertz CT molecular complexity index is 347. The van der Waals surface area contributed by atoms with Gasteiger partial charge in [0.2, 0.25) is 0 Å². The topological polar surface area (TPSA) is 29.9 Å². The fourth-order valence-electron chi connectivity index (χ4n) is 1.34. The summed E-state index contributed by atoms with van der Waals surface area (Å²) in [6.07, 6.45) is -3.03. The van der Waals surface area contributed by atoms with Crippen LogP contribution in [0.4, 0.5) is 22.0 Å². The van der Waals surface area contributed by atoms with E-state index in [0.29, 0.717) is 4.57 Å². The van der Waals surface area contributed by atoms with E-state index in [4.69, 9.17) is 0 Å². The molecule has 1 heterocycles. The lowest BCUT2D eigenvalue weighted by Crippen LogP contribution is -2.31. The zero-order valence-electron chi connectivity index (χ0n) is 9.01. The molecule has 1 atom stereocenters. The van der Waals surface area contributed by atoms with E-state index in [9.17, 15) is 22.0 Å². The smallest absolute Gasteiger partial charge is 0.307 e. The Morgan fingerprint density at radius 1 is 1.41 bits per heavy atom. The fraction of sp³-hybridized carbons (Fsp3) is 0.667. The van der Waals surface area contributed by atoms with Gasteiger partial charge in [-0.3, -0.25) is 4.57 Å². The summed E-state index contributed by atoms with van der Waals surface area (Å²) in [5, 5.41) is 2.50. The Morgan fingerprint density at radius 2 is 2.06 bits per heavy atom. The Kier molecular flexibility index (Phi) is 4.44. The molecule has 3 nitrogen and oxygen atoms in total. The van der Waals surface area contributed by atoms with Crippen LogP contribution in [0.3, 0.4) is 0 Å². The quantitative estimate of drug-likeness (QED) is 0.822. The molecule has 0 saturated heterocycles. The molecule has 0 aromatic carbocycles. The van der Waals surface area contributed by atoms with Crippen LogP contribution in [-0.4, -0.2) is 21.8 Å². The average molecular weight is 257 g/mol. The minimum atomic E-state index is -4.27. The van der Waals surface area contributed by atoms with Crippen molar-refractivity contribution in [2.75, 3.05) is 0 Å². The van der Waals surface area contributed by atoms with E-state index in [-0.39, 0.29) is 12.4 Å². The molecule has 98 valence electrons. The van der Waals surface area contributed by atoms with Crippen LogP contribution >= 0.6 is 0 Å². The van der Waals surface area contributed by atoms with Crippen LogP contribution in [0.1, 0.15) is 25.7 Å². The highest BCUT2D eigenvalue weighted by molar-refractivity contribution is 4.92. The molecule has 8 heteroatoms. The lowest BCUT2D eigenvalue weighted by Gasteiger charge is -2.16. The van der Waals surface area contributed by atoms with Crippen molar-refractivity contribution in [2.45, 2.75) is 38.7 Å². The molecule has 0 radical (unpaired) electrons. The van der Waals surface area contributed by atoms with Crippen molar-refractivity contribution < 1.29 is 22.0 Å². The molecule has 1 N–H and O–H groups in total. The van der Waals surface area contributed by atoms with Gasteiger partial charge in [0.05, 0.1) is 13.0 Å². The minimum Gasteiger partial charge on any atom is -0.307 e. The molecule has 1 unspecified atom stereocenters. The zero-order valence-corrected chi connectivity index (χ0v) is 9.01. The maximum Gasteiger partial charge on any atom is 0.390 e. The molecule has 1 aromatic heterocycles. The molecule has 0 saturated carbocycles. The van der Waals surface area contributed by atoms with Crippen LogP contribution in [-0.2, 0) is 6.54 Å². The first-order valence-corrected chi connectivity index (χ1v) is 4.89. The third-order valence-electron chi connectivity index (χ3n) is 2.11. The number of nitrogens with one attached hydrogen (secondary N) is 1. The Morgan fingerprint density at radius 3 is 2.59 bits per heavy atom. The third-order valence-corrected chi connectivity index (χ3v) is 2.11. The molecule has 0 bridgehead atoms. The van der Waals surface area contributed by atoms with Crippen LogP contribution in [0, 0.1) is 0 Å². The Hall–Kier alpha value is -1.18. The highest BCUT2D eigenvalue weighted by atomic mass is 19.4.